The first-order valence-corrected chi connectivity index (χ1v) is 6.44. The molecule has 8 heteroatoms. The summed E-state index contributed by atoms with van der Waals surface area (Å²) in [5, 5.41) is 9.08. The number of methoxy groups -OCH3 is 1. The highest BCUT2D eigenvalue weighted by molar-refractivity contribution is 5.96. The lowest BCUT2D eigenvalue weighted by Crippen LogP contribution is -2.13. The summed E-state index contributed by atoms with van der Waals surface area (Å²) in [7, 11) is 1.15. The summed E-state index contributed by atoms with van der Waals surface area (Å²) in [6.45, 7) is -1.30. The van der Waals surface area contributed by atoms with Crippen molar-refractivity contribution in [1.82, 2.24) is 4.57 Å². The molecule has 2 rings (SSSR count). The molecule has 0 saturated heterocycles. The molecule has 2 N–H and O–H groups in total. The Morgan fingerprint density at radius 3 is 2.70 bits per heavy atom. The Balaban J connectivity index is 2.74. The number of rotatable bonds is 4. The summed E-state index contributed by atoms with van der Waals surface area (Å²) < 4.78 is 35.5. The maximum atomic E-state index is 12.6. The first kappa shape index (κ1) is 16.3. The molecule has 2 aromatic rings. The summed E-state index contributed by atoms with van der Waals surface area (Å²) in [5.74, 6) is -0.955. The summed E-state index contributed by atoms with van der Waals surface area (Å²) >= 11 is 0. The van der Waals surface area contributed by atoms with E-state index in [1.807, 2.05) is 6.07 Å². The zero-order valence-corrected chi connectivity index (χ0v) is 12.3. The Hall–Kier alpha value is -3.08. The number of benzene rings is 1. The van der Waals surface area contributed by atoms with E-state index < -0.39 is 12.6 Å². The Bertz CT molecular complexity index is 794. The first-order valence-electron chi connectivity index (χ1n) is 6.44. The molecule has 0 fully saturated rings. The van der Waals surface area contributed by atoms with Crippen LogP contribution in [0.3, 0.4) is 0 Å². The predicted molar refractivity (Wildman–Crippen MR) is 77.6 cm³/mol. The molecule has 6 nitrogen and oxygen atoms in total. The van der Waals surface area contributed by atoms with Gasteiger partial charge in [0.1, 0.15) is 11.8 Å². The fourth-order valence-electron chi connectivity index (χ4n) is 2.12. The highest BCUT2D eigenvalue weighted by Crippen LogP contribution is 2.31. The van der Waals surface area contributed by atoms with Crippen LogP contribution in [0.1, 0.15) is 21.6 Å². The molecule has 0 spiro atoms. The number of esters is 1. The lowest BCUT2D eigenvalue weighted by Gasteiger charge is -2.14. The smallest absolute Gasteiger partial charge is 0.387 e. The molecular formula is C15H13F2N3O3. The lowest BCUT2D eigenvalue weighted by atomic mass is 10.2. The highest BCUT2D eigenvalue weighted by Gasteiger charge is 2.24. The maximum absolute atomic E-state index is 12.6. The first-order chi connectivity index (χ1) is 10.9. The molecule has 0 aliphatic carbocycles. The Morgan fingerprint density at radius 2 is 2.13 bits per heavy atom. The van der Waals surface area contributed by atoms with Crippen molar-refractivity contribution in [3.05, 3.63) is 41.2 Å². The average molecular weight is 321 g/mol. The van der Waals surface area contributed by atoms with Gasteiger partial charge in [0.2, 0.25) is 0 Å². The van der Waals surface area contributed by atoms with Crippen molar-refractivity contribution in [1.29, 1.82) is 5.26 Å². The number of nitrogens with two attached hydrogens (primary N) is 1. The van der Waals surface area contributed by atoms with Gasteiger partial charge in [0.25, 0.3) is 0 Å². The van der Waals surface area contributed by atoms with Crippen molar-refractivity contribution in [2.45, 2.75) is 13.5 Å². The van der Waals surface area contributed by atoms with Gasteiger partial charge in [0, 0.05) is 6.20 Å². The van der Waals surface area contributed by atoms with Crippen molar-refractivity contribution in [3.8, 4) is 17.5 Å². The van der Waals surface area contributed by atoms with E-state index in [4.69, 9.17) is 11.0 Å². The second kappa shape index (κ2) is 6.36. The summed E-state index contributed by atoms with van der Waals surface area (Å²) in [6, 6.07) is 6.30. The SMILES string of the molecule is COC(=O)c1c(N)c(C#N)cn1-c1cc(C)ccc1OC(F)F. The second-order valence-electron chi connectivity index (χ2n) is 4.63. The van der Waals surface area contributed by atoms with E-state index in [9.17, 15) is 13.6 Å². The number of aromatic nitrogens is 1. The zero-order valence-electron chi connectivity index (χ0n) is 12.3. The maximum Gasteiger partial charge on any atom is 0.387 e. The van der Waals surface area contributed by atoms with Gasteiger partial charge >= 0.3 is 12.6 Å². The fraction of sp³-hybridized carbons (Fsp3) is 0.200. The van der Waals surface area contributed by atoms with E-state index in [0.29, 0.717) is 0 Å². The van der Waals surface area contributed by atoms with Crippen LogP contribution >= 0.6 is 0 Å². The number of nitriles is 1. The molecule has 1 heterocycles. The molecule has 0 bridgehead atoms. The van der Waals surface area contributed by atoms with Gasteiger partial charge in [-0.2, -0.15) is 14.0 Å². The van der Waals surface area contributed by atoms with E-state index in [0.717, 1.165) is 12.7 Å². The molecule has 23 heavy (non-hydrogen) atoms. The topological polar surface area (TPSA) is 90.3 Å². The molecule has 0 atom stereocenters. The van der Waals surface area contributed by atoms with E-state index in [1.54, 1.807) is 13.0 Å². The predicted octanol–water partition coefficient (Wildman–Crippen LogP) is 2.63. The molecule has 0 radical (unpaired) electrons. The third kappa shape index (κ3) is 3.08. The number of alkyl halides is 2. The second-order valence-corrected chi connectivity index (χ2v) is 4.63. The summed E-state index contributed by atoms with van der Waals surface area (Å²) in [5.41, 5.74) is 6.47. The van der Waals surface area contributed by atoms with E-state index in [1.165, 1.54) is 22.9 Å². The van der Waals surface area contributed by atoms with Gasteiger partial charge in [-0.15, -0.1) is 0 Å². The largest absolute Gasteiger partial charge is 0.464 e. The van der Waals surface area contributed by atoms with E-state index in [2.05, 4.69) is 9.47 Å². The Labute approximate surface area is 130 Å². The number of hydrogen-bond acceptors (Lipinski definition) is 5. The number of carbonyl (C=O) groups is 1. The van der Waals surface area contributed by atoms with Crippen molar-refractivity contribution in [3.63, 3.8) is 0 Å². The van der Waals surface area contributed by atoms with Gasteiger partial charge in [0.05, 0.1) is 24.0 Å². The van der Waals surface area contributed by atoms with Crippen molar-refractivity contribution < 1.29 is 23.0 Å². The average Bonchev–Trinajstić information content (AvgIpc) is 2.84. The van der Waals surface area contributed by atoms with Gasteiger partial charge in [0.15, 0.2) is 5.69 Å². The van der Waals surface area contributed by atoms with Crippen molar-refractivity contribution in [2.24, 2.45) is 0 Å². The van der Waals surface area contributed by atoms with E-state index in [-0.39, 0.29) is 28.4 Å². The summed E-state index contributed by atoms with van der Waals surface area (Å²) in [6.07, 6.45) is 1.27. The minimum absolute atomic E-state index is 0.0231. The standard InChI is InChI=1S/C15H13F2N3O3/c1-8-3-4-11(23-15(16)17)10(5-8)20-7-9(6-18)12(19)13(20)14(21)22-2/h3-5,7,15H,19H2,1-2H3. The lowest BCUT2D eigenvalue weighted by molar-refractivity contribution is -0.0498. The van der Waals surface area contributed by atoms with Crippen LogP contribution in [0.4, 0.5) is 14.5 Å². The Kier molecular flexibility index (Phi) is 4.50. The van der Waals surface area contributed by atoms with Gasteiger partial charge in [-0.25, -0.2) is 4.79 Å². The van der Waals surface area contributed by atoms with E-state index >= 15 is 0 Å². The number of nitrogens with zero attached hydrogens (tertiary/aromatic N) is 2. The number of nitrogen functional groups attached to an aromatic ring is 1. The van der Waals surface area contributed by atoms with Gasteiger partial charge in [-0.05, 0) is 24.6 Å². The zero-order chi connectivity index (χ0) is 17.1. The number of carbonyl (C=O) groups excluding carboxylic acids is 1. The third-order valence-corrected chi connectivity index (χ3v) is 3.13. The molecule has 1 aromatic carbocycles. The number of hydrogen-bond donors (Lipinski definition) is 1. The molecular weight excluding hydrogens is 308 g/mol. The van der Waals surface area contributed by atoms with Crippen LogP contribution in [0.25, 0.3) is 5.69 Å². The van der Waals surface area contributed by atoms with Crippen LogP contribution in [0.15, 0.2) is 24.4 Å². The van der Waals surface area contributed by atoms with Crippen LogP contribution in [-0.4, -0.2) is 24.3 Å². The Morgan fingerprint density at radius 1 is 1.43 bits per heavy atom. The van der Waals surface area contributed by atoms with Crippen molar-refractivity contribution in [2.75, 3.05) is 12.8 Å². The normalized spacial score (nSPS) is 10.4. The fourth-order valence-corrected chi connectivity index (χ4v) is 2.12. The number of ether oxygens (including phenoxy) is 2. The molecule has 0 saturated carbocycles. The van der Waals surface area contributed by atoms with Crippen LogP contribution in [0.5, 0.6) is 5.75 Å². The van der Waals surface area contributed by atoms with Gasteiger partial charge in [-0.1, -0.05) is 6.07 Å². The van der Waals surface area contributed by atoms with Crippen LogP contribution in [0, 0.1) is 18.3 Å². The quantitative estimate of drug-likeness (QED) is 0.874. The number of halogens is 2. The van der Waals surface area contributed by atoms with Crippen LogP contribution in [0.2, 0.25) is 0 Å². The highest BCUT2D eigenvalue weighted by atomic mass is 19.3. The minimum Gasteiger partial charge on any atom is -0.464 e. The monoisotopic (exact) mass is 321 g/mol. The van der Waals surface area contributed by atoms with Crippen LogP contribution in [-0.2, 0) is 4.74 Å². The molecule has 0 aliphatic heterocycles. The van der Waals surface area contributed by atoms with Crippen molar-refractivity contribution >= 4 is 11.7 Å². The van der Waals surface area contributed by atoms with Crippen LogP contribution < -0.4 is 10.5 Å². The molecule has 0 unspecified atom stereocenters. The number of aryl methyl sites for hydroxylation is 1. The summed E-state index contributed by atoms with van der Waals surface area (Å²) in [4.78, 5) is 12.0. The third-order valence-electron chi connectivity index (χ3n) is 3.13. The molecule has 0 aliphatic rings. The van der Waals surface area contributed by atoms with Gasteiger partial charge in [-0.3, -0.25) is 0 Å². The molecule has 0 amide bonds. The minimum atomic E-state index is -3.04. The van der Waals surface area contributed by atoms with Gasteiger partial charge < -0.3 is 19.8 Å². The molecule has 120 valence electrons. The molecule has 1 aromatic heterocycles. The number of anilines is 1.